The summed E-state index contributed by atoms with van der Waals surface area (Å²) in [5.74, 6) is 0.215. The van der Waals surface area contributed by atoms with E-state index in [1.807, 2.05) is 0 Å². The van der Waals surface area contributed by atoms with Crippen molar-refractivity contribution in [2.75, 3.05) is 6.00 Å². The molecule has 0 spiro atoms. The molecule has 0 saturated heterocycles. The van der Waals surface area contributed by atoms with E-state index in [2.05, 4.69) is 0 Å². The topological polar surface area (TPSA) is 29.5 Å². The van der Waals surface area contributed by atoms with Gasteiger partial charge in [0, 0.05) is 0 Å². The molecule has 2 rings (SSSR count). The Morgan fingerprint density at radius 1 is 1.33 bits per heavy atom. The predicted molar refractivity (Wildman–Crippen MR) is 57.9 cm³/mol. The third kappa shape index (κ3) is 1.80. The lowest BCUT2D eigenvalue weighted by Crippen LogP contribution is -2.26. The first-order valence-electron chi connectivity index (χ1n) is 4.23. The lowest BCUT2D eigenvalue weighted by molar-refractivity contribution is 0.0838. The molecule has 1 heterocycles. The van der Waals surface area contributed by atoms with Crippen LogP contribution in [0.15, 0.2) is 35.7 Å². The number of halogens is 2. The number of ether oxygens (including phenoxy) is 1. The van der Waals surface area contributed by atoms with Crippen LogP contribution in [0.5, 0.6) is 5.75 Å². The molecule has 0 N–H and O–H groups in total. The molecule has 3 nitrogen and oxygen atoms in total. The van der Waals surface area contributed by atoms with E-state index < -0.39 is 0 Å². The minimum absolute atomic E-state index is 0.00807. The summed E-state index contributed by atoms with van der Waals surface area (Å²) in [5, 5.41) is 0.172. The molecule has 0 bridgehead atoms. The van der Waals surface area contributed by atoms with Gasteiger partial charge in [0.2, 0.25) is 0 Å². The van der Waals surface area contributed by atoms with Gasteiger partial charge in [0.25, 0.3) is 5.91 Å². The van der Waals surface area contributed by atoms with Gasteiger partial charge in [0.1, 0.15) is 23.2 Å². The van der Waals surface area contributed by atoms with Crippen LogP contribution in [0.25, 0.3) is 0 Å². The Morgan fingerprint density at radius 3 is 2.80 bits per heavy atom. The van der Waals surface area contributed by atoms with E-state index >= 15 is 0 Å². The van der Waals surface area contributed by atoms with Crippen LogP contribution in [0.3, 0.4) is 0 Å². The van der Waals surface area contributed by atoms with Crippen LogP contribution in [0.2, 0.25) is 0 Å². The van der Waals surface area contributed by atoms with Gasteiger partial charge in [-0.05, 0) is 12.1 Å². The van der Waals surface area contributed by atoms with E-state index in [-0.39, 0.29) is 17.1 Å². The SMILES string of the molecule is O=C1c2ccccc2OC=C(Cl)N1CCl. The summed E-state index contributed by atoms with van der Waals surface area (Å²) >= 11 is 11.5. The molecule has 0 fully saturated rings. The number of para-hydroxylation sites is 1. The molecule has 0 atom stereocenters. The summed E-state index contributed by atoms with van der Waals surface area (Å²) in [6.45, 7) is 0. The zero-order valence-corrected chi connectivity index (χ0v) is 9.13. The zero-order valence-electron chi connectivity index (χ0n) is 7.61. The largest absolute Gasteiger partial charge is 0.461 e. The molecule has 15 heavy (non-hydrogen) atoms. The highest BCUT2D eigenvalue weighted by Crippen LogP contribution is 2.27. The van der Waals surface area contributed by atoms with Crippen LogP contribution < -0.4 is 4.74 Å². The molecule has 5 heteroatoms. The quantitative estimate of drug-likeness (QED) is 0.561. The van der Waals surface area contributed by atoms with Gasteiger partial charge in [0.05, 0.1) is 5.56 Å². The molecule has 78 valence electrons. The standard InChI is InChI=1S/C10H7Cl2NO2/c11-6-13-9(12)5-15-8-4-2-1-3-7(8)10(13)14/h1-5H,6H2. The first-order chi connectivity index (χ1) is 7.24. The molecule has 1 aromatic rings. The van der Waals surface area contributed by atoms with E-state index in [0.717, 1.165) is 0 Å². The van der Waals surface area contributed by atoms with Crippen molar-refractivity contribution in [3.63, 3.8) is 0 Å². The molecule has 0 aliphatic carbocycles. The number of fused-ring (bicyclic) bond motifs is 1. The number of alkyl halides is 1. The average molecular weight is 244 g/mol. The van der Waals surface area contributed by atoms with Crippen molar-refractivity contribution in [2.45, 2.75) is 0 Å². The fourth-order valence-electron chi connectivity index (χ4n) is 1.28. The Balaban J connectivity index is 2.50. The van der Waals surface area contributed by atoms with Crippen molar-refractivity contribution >= 4 is 29.1 Å². The Morgan fingerprint density at radius 2 is 2.07 bits per heavy atom. The van der Waals surface area contributed by atoms with Gasteiger partial charge in [-0.25, -0.2) is 0 Å². The lowest BCUT2D eigenvalue weighted by atomic mass is 10.2. The minimum atomic E-state index is -0.264. The molecule has 0 radical (unpaired) electrons. The Bertz CT molecular complexity index is 431. The third-order valence-corrected chi connectivity index (χ3v) is 2.56. The number of rotatable bonds is 1. The van der Waals surface area contributed by atoms with Crippen molar-refractivity contribution in [3.05, 3.63) is 41.2 Å². The summed E-state index contributed by atoms with van der Waals surface area (Å²) in [6.07, 6.45) is 1.30. The highest BCUT2D eigenvalue weighted by molar-refractivity contribution is 6.31. The molecule has 0 saturated carbocycles. The molecular weight excluding hydrogens is 237 g/mol. The second kappa shape index (κ2) is 4.13. The van der Waals surface area contributed by atoms with E-state index in [4.69, 9.17) is 27.9 Å². The van der Waals surface area contributed by atoms with Gasteiger partial charge in [-0.2, -0.15) is 0 Å². The maximum Gasteiger partial charge on any atom is 0.263 e. The first-order valence-corrected chi connectivity index (χ1v) is 5.14. The monoisotopic (exact) mass is 243 g/mol. The van der Waals surface area contributed by atoms with Crippen LogP contribution in [0, 0.1) is 0 Å². The number of amides is 1. The summed E-state index contributed by atoms with van der Waals surface area (Å²) in [4.78, 5) is 13.1. The maximum absolute atomic E-state index is 11.9. The predicted octanol–water partition coefficient (Wildman–Crippen LogP) is 2.76. The van der Waals surface area contributed by atoms with Crippen molar-refractivity contribution < 1.29 is 9.53 Å². The highest BCUT2D eigenvalue weighted by Gasteiger charge is 2.24. The van der Waals surface area contributed by atoms with E-state index in [1.54, 1.807) is 24.3 Å². The maximum atomic E-state index is 11.9. The van der Waals surface area contributed by atoms with Crippen molar-refractivity contribution in [2.24, 2.45) is 0 Å². The molecule has 1 aromatic carbocycles. The van der Waals surface area contributed by atoms with Crippen molar-refractivity contribution in [1.29, 1.82) is 0 Å². The van der Waals surface area contributed by atoms with E-state index in [0.29, 0.717) is 11.3 Å². The van der Waals surface area contributed by atoms with Crippen LogP contribution >= 0.6 is 23.2 Å². The van der Waals surface area contributed by atoms with Gasteiger partial charge >= 0.3 is 0 Å². The second-order valence-electron chi connectivity index (χ2n) is 2.91. The number of hydrogen-bond donors (Lipinski definition) is 0. The molecule has 1 aliphatic heterocycles. The Kier molecular flexibility index (Phi) is 2.84. The lowest BCUT2D eigenvalue weighted by Gasteiger charge is -2.15. The summed E-state index contributed by atoms with van der Waals surface area (Å²) < 4.78 is 5.25. The fraction of sp³-hybridized carbons (Fsp3) is 0.100. The summed E-state index contributed by atoms with van der Waals surface area (Å²) in [6, 6.07) is 6.90. The third-order valence-electron chi connectivity index (χ3n) is 2.02. The van der Waals surface area contributed by atoms with Crippen LogP contribution in [-0.2, 0) is 0 Å². The second-order valence-corrected chi connectivity index (χ2v) is 3.53. The van der Waals surface area contributed by atoms with Gasteiger partial charge in [-0.1, -0.05) is 23.7 Å². The van der Waals surface area contributed by atoms with Crippen LogP contribution in [0.1, 0.15) is 10.4 Å². The highest BCUT2D eigenvalue weighted by atomic mass is 35.5. The first kappa shape index (κ1) is 10.3. The van der Waals surface area contributed by atoms with Gasteiger partial charge in [-0.15, -0.1) is 11.6 Å². The Labute approximate surface area is 96.8 Å². The molecule has 1 amide bonds. The van der Waals surface area contributed by atoms with Crippen LogP contribution in [-0.4, -0.2) is 16.8 Å². The normalized spacial score (nSPS) is 15.2. The molecule has 0 unspecified atom stereocenters. The average Bonchev–Trinajstić information content (AvgIpc) is 2.38. The molecule has 0 aromatic heterocycles. The van der Waals surface area contributed by atoms with E-state index in [1.165, 1.54) is 11.2 Å². The minimum Gasteiger partial charge on any atom is -0.461 e. The smallest absolute Gasteiger partial charge is 0.263 e. The molecular formula is C10H7Cl2NO2. The van der Waals surface area contributed by atoms with Gasteiger partial charge in [-0.3, -0.25) is 9.69 Å². The number of nitrogens with zero attached hydrogens (tertiary/aromatic N) is 1. The number of benzene rings is 1. The molecule has 1 aliphatic rings. The van der Waals surface area contributed by atoms with Crippen molar-refractivity contribution in [1.82, 2.24) is 4.90 Å². The van der Waals surface area contributed by atoms with E-state index in [9.17, 15) is 4.79 Å². The number of carbonyl (C=O) groups excluding carboxylic acids is 1. The van der Waals surface area contributed by atoms with Gasteiger partial charge in [0.15, 0.2) is 0 Å². The summed E-state index contributed by atoms with van der Waals surface area (Å²) in [7, 11) is 0. The van der Waals surface area contributed by atoms with Crippen LogP contribution in [0.4, 0.5) is 0 Å². The fourth-order valence-corrected chi connectivity index (χ4v) is 1.76. The number of carbonyl (C=O) groups is 1. The Hall–Kier alpha value is -1.19. The van der Waals surface area contributed by atoms with Gasteiger partial charge < -0.3 is 4.74 Å². The zero-order chi connectivity index (χ0) is 10.8. The summed E-state index contributed by atoms with van der Waals surface area (Å²) in [5.41, 5.74) is 0.449. The van der Waals surface area contributed by atoms with Crippen molar-refractivity contribution in [3.8, 4) is 5.75 Å². The number of hydrogen-bond acceptors (Lipinski definition) is 2.